The van der Waals surface area contributed by atoms with E-state index in [1.165, 1.54) is 11.8 Å². The third kappa shape index (κ3) is 6.22. The zero-order chi connectivity index (χ0) is 29.9. The molecular formula is C33H29F2N5O2S. The molecule has 0 spiro atoms. The van der Waals surface area contributed by atoms with Crippen molar-refractivity contribution in [2.24, 2.45) is 0 Å². The second kappa shape index (κ2) is 12.5. The van der Waals surface area contributed by atoms with Crippen LogP contribution in [0, 0.1) is 6.92 Å². The lowest BCUT2D eigenvalue weighted by atomic mass is 10.0. The van der Waals surface area contributed by atoms with E-state index in [4.69, 9.17) is 0 Å². The average molecular weight is 598 g/mol. The van der Waals surface area contributed by atoms with Gasteiger partial charge in [0.15, 0.2) is 9.79 Å². The molecule has 1 aliphatic rings. The van der Waals surface area contributed by atoms with E-state index in [-0.39, 0.29) is 17.2 Å². The van der Waals surface area contributed by atoms with Gasteiger partial charge in [0, 0.05) is 40.6 Å². The Bertz CT molecular complexity index is 1860. The summed E-state index contributed by atoms with van der Waals surface area (Å²) in [5, 5.41) is 6.88. The molecule has 5 aromatic rings. The van der Waals surface area contributed by atoms with Crippen molar-refractivity contribution < 1.29 is 13.3 Å². The molecule has 3 aromatic carbocycles. The molecule has 0 radical (unpaired) electrons. The van der Waals surface area contributed by atoms with Gasteiger partial charge in [0.25, 0.3) is 12.0 Å². The highest BCUT2D eigenvalue weighted by atomic mass is 32.2. The summed E-state index contributed by atoms with van der Waals surface area (Å²) in [5.74, 6) is 0.195. The lowest BCUT2D eigenvalue weighted by Gasteiger charge is -2.16. The van der Waals surface area contributed by atoms with E-state index < -0.39 is 29.7 Å². The largest absolute Gasteiger partial charge is 0.606 e. The van der Waals surface area contributed by atoms with Crippen LogP contribution in [-0.4, -0.2) is 38.6 Å². The second-order valence-electron chi connectivity index (χ2n) is 10.3. The second-order valence-corrected chi connectivity index (χ2v) is 11.8. The van der Waals surface area contributed by atoms with Crippen molar-refractivity contribution in [3.8, 4) is 11.1 Å². The van der Waals surface area contributed by atoms with E-state index in [1.54, 1.807) is 43.3 Å². The Morgan fingerprint density at radius 2 is 1.81 bits per heavy atom. The minimum Gasteiger partial charge on any atom is -0.606 e. The van der Waals surface area contributed by atoms with Crippen molar-refractivity contribution in [2.45, 2.75) is 36.1 Å². The van der Waals surface area contributed by atoms with Crippen molar-refractivity contribution >= 4 is 39.4 Å². The summed E-state index contributed by atoms with van der Waals surface area (Å²) in [4.78, 5) is 23.8. The topological polar surface area (TPSA) is 94.9 Å². The maximum absolute atomic E-state index is 13.7. The molecule has 218 valence electrons. The number of benzene rings is 3. The molecule has 3 heterocycles. The number of hydrogen-bond donors (Lipinski definition) is 2. The van der Waals surface area contributed by atoms with E-state index in [0.29, 0.717) is 26.3 Å². The van der Waals surface area contributed by atoms with Crippen LogP contribution in [0.4, 0.5) is 20.4 Å². The Morgan fingerprint density at radius 3 is 2.51 bits per heavy atom. The lowest BCUT2D eigenvalue weighted by Crippen LogP contribution is -2.26. The Labute approximate surface area is 250 Å². The first-order valence-electron chi connectivity index (χ1n) is 13.9. The van der Waals surface area contributed by atoms with Gasteiger partial charge in [0.2, 0.25) is 5.95 Å². The van der Waals surface area contributed by atoms with Crippen LogP contribution in [0.1, 0.15) is 17.5 Å². The van der Waals surface area contributed by atoms with E-state index in [9.17, 15) is 18.1 Å². The normalized spacial score (nSPS) is 14.1. The zero-order valence-corrected chi connectivity index (χ0v) is 24.2. The van der Waals surface area contributed by atoms with Crippen LogP contribution in [0.3, 0.4) is 0 Å². The molecule has 43 heavy (non-hydrogen) atoms. The maximum atomic E-state index is 13.7. The van der Waals surface area contributed by atoms with Gasteiger partial charge in [-0.1, -0.05) is 36.4 Å². The van der Waals surface area contributed by atoms with Crippen molar-refractivity contribution in [3.05, 3.63) is 113 Å². The number of aromatic nitrogens is 3. The Morgan fingerprint density at radius 1 is 1.02 bits per heavy atom. The lowest BCUT2D eigenvalue weighted by molar-refractivity contribution is 0.127. The molecule has 6 rings (SSSR count). The average Bonchev–Trinajstić information content (AvgIpc) is 3.03. The number of nitrogens with one attached hydrogen (secondary N) is 2. The highest BCUT2D eigenvalue weighted by Gasteiger charge is 2.20. The van der Waals surface area contributed by atoms with Gasteiger partial charge < -0.3 is 15.2 Å². The van der Waals surface area contributed by atoms with Crippen LogP contribution < -0.4 is 16.2 Å². The molecule has 7 nitrogen and oxygen atoms in total. The monoisotopic (exact) mass is 597 g/mol. The number of pyridine rings is 1. The van der Waals surface area contributed by atoms with Crippen LogP contribution in [-0.2, 0) is 17.7 Å². The van der Waals surface area contributed by atoms with Gasteiger partial charge in [0.05, 0.1) is 6.54 Å². The van der Waals surface area contributed by atoms with Crippen LogP contribution >= 0.6 is 0 Å². The van der Waals surface area contributed by atoms with Crippen LogP contribution in [0.15, 0.2) is 106 Å². The minimum atomic E-state index is -2.77. The van der Waals surface area contributed by atoms with Crippen LogP contribution in [0.25, 0.3) is 27.7 Å². The van der Waals surface area contributed by atoms with Gasteiger partial charge in [-0.25, -0.2) is 13.8 Å². The number of fused-ring (bicyclic) bond motifs is 1. The number of rotatable bonds is 8. The SMILES string of the molecule is Cc1cc([S+]([O-])c2ccccc2)ccc1-c1cc2cnc(Nc3ccc(C4=CCNCC4)cc3)nc2n(CC(F)F)c1=O. The highest BCUT2D eigenvalue weighted by molar-refractivity contribution is 7.91. The summed E-state index contributed by atoms with van der Waals surface area (Å²) >= 11 is -1.40. The highest BCUT2D eigenvalue weighted by Crippen LogP contribution is 2.29. The van der Waals surface area contributed by atoms with Gasteiger partial charge in [-0.2, -0.15) is 4.98 Å². The number of aryl methyl sites for hydroxylation is 1. The third-order valence-electron chi connectivity index (χ3n) is 7.38. The molecule has 0 fully saturated rings. The van der Waals surface area contributed by atoms with Crippen LogP contribution in [0.2, 0.25) is 0 Å². The molecule has 0 saturated carbocycles. The quantitative estimate of drug-likeness (QED) is 0.203. The Hall–Kier alpha value is -4.38. The van der Waals surface area contributed by atoms with E-state index in [0.717, 1.165) is 35.3 Å². The van der Waals surface area contributed by atoms with E-state index in [2.05, 4.69) is 26.7 Å². The van der Waals surface area contributed by atoms with Gasteiger partial charge in [-0.3, -0.25) is 9.36 Å². The fraction of sp³-hybridized carbons (Fsp3) is 0.182. The fourth-order valence-electron chi connectivity index (χ4n) is 5.23. The number of hydrogen-bond acceptors (Lipinski definition) is 6. The van der Waals surface area contributed by atoms with Crippen LogP contribution in [0.5, 0.6) is 0 Å². The summed E-state index contributed by atoms with van der Waals surface area (Å²) in [7, 11) is 0. The maximum Gasteiger partial charge on any atom is 0.260 e. The summed E-state index contributed by atoms with van der Waals surface area (Å²) in [6, 6.07) is 23.7. The Balaban J connectivity index is 1.33. The third-order valence-corrected chi connectivity index (χ3v) is 8.77. The molecule has 2 aromatic heterocycles. The van der Waals surface area contributed by atoms with Crippen molar-refractivity contribution in [1.82, 2.24) is 19.9 Å². The van der Waals surface area contributed by atoms with Crippen molar-refractivity contribution in [1.29, 1.82) is 0 Å². The molecule has 0 bridgehead atoms. The van der Waals surface area contributed by atoms with E-state index in [1.807, 2.05) is 42.5 Å². The molecule has 0 saturated heterocycles. The van der Waals surface area contributed by atoms with Gasteiger partial charge >= 0.3 is 0 Å². The first-order valence-corrected chi connectivity index (χ1v) is 15.1. The first-order chi connectivity index (χ1) is 20.9. The smallest absolute Gasteiger partial charge is 0.260 e. The molecule has 1 unspecified atom stereocenters. The molecule has 0 aliphatic carbocycles. The number of anilines is 2. The standard InChI is InChI=1S/C33H29F2N5O2S/c1-21-17-27(43(42)26-5-3-2-4-6-26)11-12-28(21)29-18-24-19-37-33(39-31(24)40(32(29)41)20-30(34)35)38-25-9-7-22(8-10-25)23-13-15-36-16-14-23/h2-13,17-19,30,36H,14-16,20H2,1H3,(H,37,38,39). The minimum absolute atomic E-state index is 0.113. The number of alkyl halides is 2. The fourth-order valence-corrected chi connectivity index (χ4v) is 6.39. The summed E-state index contributed by atoms with van der Waals surface area (Å²) < 4.78 is 41.5. The molecule has 1 atom stereocenters. The molecule has 0 amide bonds. The predicted octanol–water partition coefficient (Wildman–Crippen LogP) is 6.32. The molecule has 10 heteroatoms. The van der Waals surface area contributed by atoms with Crippen molar-refractivity contribution in [2.75, 3.05) is 18.4 Å². The first kappa shape index (κ1) is 28.7. The van der Waals surface area contributed by atoms with Gasteiger partial charge in [-0.15, -0.1) is 0 Å². The summed E-state index contributed by atoms with van der Waals surface area (Å²) in [6.07, 6.45) is 1.89. The zero-order valence-electron chi connectivity index (χ0n) is 23.4. The Kier molecular flexibility index (Phi) is 8.33. The number of halogens is 2. The summed E-state index contributed by atoms with van der Waals surface area (Å²) in [6.45, 7) is 2.78. The molecular weight excluding hydrogens is 568 g/mol. The molecule has 1 aliphatic heterocycles. The van der Waals surface area contributed by atoms with E-state index >= 15 is 0 Å². The number of nitrogens with zero attached hydrogens (tertiary/aromatic N) is 3. The van der Waals surface area contributed by atoms with Gasteiger partial charge in [0.1, 0.15) is 5.65 Å². The van der Waals surface area contributed by atoms with Crippen molar-refractivity contribution in [3.63, 3.8) is 0 Å². The predicted molar refractivity (Wildman–Crippen MR) is 166 cm³/mol. The summed E-state index contributed by atoms with van der Waals surface area (Å²) in [5.41, 5.74) is 4.20. The molecule has 2 N–H and O–H groups in total. The van der Waals surface area contributed by atoms with Gasteiger partial charge in [-0.05, 0) is 90.7 Å².